The molecule has 0 rings (SSSR count). The Bertz CT molecular complexity index is 56.6. The molecule has 0 radical (unpaired) electrons. The van der Waals surface area contributed by atoms with Crippen molar-refractivity contribution in [1.29, 1.82) is 0 Å². The molecule has 0 aromatic carbocycles. The maximum Gasteiger partial charge on any atom is 0.0299 e. The molecule has 36 valence electrons. The Labute approximate surface area is 49.3 Å². The van der Waals surface area contributed by atoms with Crippen LogP contribution in [0.5, 0.6) is 0 Å². The molecule has 0 saturated heterocycles. The van der Waals surface area contributed by atoms with E-state index >= 15 is 0 Å². The van der Waals surface area contributed by atoms with Gasteiger partial charge in [-0.15, -0.1) is 0 Å². The van der Waals surface area contributed by atoms with Crippen LogP contribution < -0.4 is 0 Å². The van der Waals surface area contributed by atoms with E-state index in [1.807, 2.05) is 13.8 Å². The van der Waals surface area contributed by atoms with Gasteiger partial charge >= 0.3 is 0 Å². The third-order valence-electron chi connectivity index (χ3n) is 0.588. The lowest BCUT2D eigenvalue weighted by molar-refractivity contribution is 1.34. The van der Waals surface area contributed by atoms with Crippen molar-refractivity contribution in [2.24, 2.45) is 0 Å². The van der Waals surface area contributed by atoms with E-state index in [9.17, 15) is 0 Å². The van der Waals surface area contributed by atoms with Gasteiger partial charge in [0, 0.05) is 10.1 Å². The predicted molar refractivity (Wildman–Crippen MR) is 36.7 cm³/mol. The largest absolute Gasteiger partial charge is 0.171 e. The molecule has 1 atom stereocenters. The highest BCUT2D eigenvalue weighted by Gasteiger charge is 1.91. The second-order valence-electron chi connectivity index (χ2n) is 1.29. The fourth-order valence-corrected chi connectivity index (χ4v) is 0. The lowest BCUT2D eigenvalue weighted by atomic mass is 10.4. The van der Waals surface area contributed by atoms with Crippen LogP contribution in [-0.4, -0.2) is 10.1 Å². The molecule has 2 heteroatoms. The van der Waals surface area contributed by atoms with Crippen molar-refractivity contribution in [3.05, 3.63) is 0 Å². The lowest BCUT2D eigenvalue weighted by Crippen LogP contribution is -1.99. The highest BCUT2D eigenvalue weighted by atomic mass is 32.1. The summed E-state index contributed by atoms with van der Waals surface area (Å²) in [6, 6.07) is 0. The minimum Gasteiger partial charge on any atom is -0.171 e. The van der Waals surface area contributed by atoms with E-state index in [0.717, 1.165) is 4.86 Å². The molecular formula is C4H8S2. The Hall–Kier alpha value is 0.440. The molecule has 0 nitrogen and oxygen atoms in total. The van der Waals surface area contributed by atoms with Gasteiger partial charge in [-0.25, -0.2) is 0 Å². The average Bonchev–Trinajstić information content (AvgIpc) is 1.36. The first kappa shape index (κ1) is 6.44. The molecule has 6 heavy (non-hydrogen) atoms. The Morgan fingerprint density at radius 2 is 2.00 bits per heavy atom. The van der Waals surface area contributed by atoms with E-state index in [4.69, 9.17) is 12.2 Å². The summed E-state index contributed by atoms with van der Waals surface area (Å²) in [5.74, 6) is 0. The zero-order valence-electron chi connectivity index (χ0n) is 3.93. The molecule has 0 heterocycles. The Kier molecular flexibility index (Phi) is 2.78. The van der Waals surface area contributed by atoms with Gasteiger partial charge in [0.05, 0.1) is 0 Å². The van der Waals surface area contributed by atoms with Gasteiger partial charge in [0.15, 0.2) is 0 Å². The molecule has 0 aromatic heterocycles. The highest BCUT2D eigenvalue weighted by Crippen LogP contribution is 1.93. The quantitative estimate of drug-likeness (QED) is 0.406. The zero-order valence-corrected chi connectivity index (χ0v) is 5.64. The van der Waals surface area contributed by atoms with Crippen LogP contribution in [0.3, 0.4) is 0 Å². The number of rotatable bonds is 1. The van der Waals surface area contributed by atoms with Gasteiger partial charge in [-0.1, -0.05) is 12.2 Å². The third kappa shape index (κ3) is 2.67. The van der Waals surface area contributed by atoms with E-state index in [1.54, 1.807) is 0 Å². The first-order valence-electron chi connectivity index (χ1n) is 1.83. The maximum atomic E-state index is 4.74. The fraction of sp³-hybridized carbons (Fsp3) is 0.750. The van der Waals surface area contributed by atoms with E-state index in [1.165, 1.54) is 0 Å². The van der Waals surface area contributed by atoms with Crippen molar-refractivity contribution in [3.8, 4) is 0 Å². The summed E-state index contributed by atoms with van der Waals surface area (Å²) in [4.78, 5) is 0.957. The van der Waals surface area contributed by atoms with Gasteiger partial charge in [-0.3, -0.25) is 0 Å². The van der Waals surface area contributed by atoms with Crippen LogP contribution in [-0.2, 0) is 0 Å². The van der Waals surface area contributed by atoms with E-state index < -0.39 is 0 Å². The van der Waals surface area contributed by atoms with Crippen LogP contribution in [0.2, 0.25) is 0 Å². The number of hydrogen-bond donors (Lipinski definition) is 1. The summed E-state index contributed by atoms with van der Waals surface area (Å²) in [6.07, 6.45) is 0. The number of hydrogen-bond acceptors (Lipinski definition) is 2. The van der Waals surface area contributed by atoms with Crippen molar-refractivity contribution in [3.63, 3.8) is 0 Å². The second-order valence-corrected chi connectivity index (χ2v) is 2.71. The van der Waals surface area contributed by atoms with Crippen LogP contribution in [0.4, 0.5) is 0 Å². The number of thiol groups is 1. The SMILES string of the molecule is CC(=S)[C@@H](C)S. The van der Waals surface area contributed by atoms with E-state index in [0.29, 0.717) is 0 Å². The average molecular weight is 120 g/mol. The lowest BCUT2D eigenvalue weighted by Gasteiger charge is -1.94. The molecule has 0 unspecified atom stereocenters. The molecule has 0 aromatic rings. The predicted octanol–water partition coefficient (Wildman–Crippen LogP) is 1.69. The molecule has 0 amide bonds. The van der Waals surface area contributed by atoms with Gasteiger partial charge in [0.25, 0.3) is 0 Å². The normalized spacial score (nSPS) is 13.8. The first-order chi connectivity index (χ1) is 2.64. The molecule has 0 aliphatic carbocycles. The standard InChI is InChI=1S/C4H8S2/c1-3(5)4(2)6/h3,5H,1-2H3/t3-/m1/s1. The monoisotopic (exact) mass is 120 g/mol. The van der Waals surface area contributed by atoms with Crippen molar-refractivity contribution < 1.29 is 0 Å². The molecule has 0 fully saturated rings. The molecule has 0 spiro atoms. The molecule has 0 saturated carbocycles. The number of thiocarbonyl (C=S) groups is 1. The summed E-state index contributed by atoms with van der Waals surface area (Å²) in [5, 5.41) is 0.278. The van der Waals surface area contributed by atoms with E-state index in [2.05, 4.69) is 12.6 Å². The molecule has 0 aliphatic rings. The molecule has 0 bridgehead atoms. The summed E-state index contributed by atoms with van der Waals surface area (Å²) in [5.41, 5.74) is 0. The summed E-state index contributed by atoms with van der Waals surface area (Å²) in [7, 11) is 0. The van der Waals surface area contributed by atoms with Gasteiger partial charge in [0.1, 0.15) is 0 Å². The second kappa shape index (κ2) is 2.59. The topological polar surface area (TPSA) is 0 Å². The minimum atomic E-state index is 0.278. The van der Waals surface area contributed by atoms with Crippen LogP contribution in [0.25, 0.3) is 0 Å². The van der Waals surface area contributed by atoms with Crippen LogP contribution in [0.1, 0.15) is 13.8 Å². The third-order valence-corrected chi connectivity index (χ3v) is 1.50. The van der Waals surface area contributed by atoms with Gasteiger partial charge < -0.3 is 0 Å². The van der Waals surface area contributed by atoms with Crippen molar-refractivity contribution in [1.82, 2.24) is 0 Å². The van der Waals surface area contributed by atoms with Crippen LogP contribution in [0, 0.1) is 0 Å². The van der Waals surface area contributed by atoms with Gasteiger partial charge in [0.2, 0.25) is 0 Å². The fourth-order valence-electron chi connectivity index (χ4n) is 0. The first-order valence-corrected chi connectivity index (χ1v) is 2.75. The summed E-state index contributed by atoms with van der Waals surface area (Å²) >= 11 is 8.79. The highest BCUT2D eigenvalue weighted by molar-refractivity contribution is 7.86. The smallest absolute Gasteiger partial charge is 0.0299 e. The molecule has 0 aliphatic heterocycles. The van der Waals surface area contributed by atoms with Gasteiger partial charge in [-0.05, 0) is 13.8 Å². The Balaban J connectivity index is 3.26. The van der Waals surface area contributed by atoms with E-state index in [-0.39, 0.29) is 5.25 Å². The van der Waals surface area contributed by atoms with Gasteiger partial charge in [-0.2, -0.15) is 12.6 Å². The Morgan fingerprint density at radius 1 is 1.83 bits per heavy atom. The zero-order chi connectivity index (χ0) is 5.15. The van der Waals surface area contributed by atoms with Crippen molar-refractivity contribution in [2.45, 2.75) is 19.1 Å². The van der Waals surface area contributed by atoms with Crippen LogP contribution >= 0.6 is 24.8 Å². The summed E-state index contributed by atoms with van der Waals surface area (Å²) < 4.78 is 0. The Morgan fingerprint density at radius 3 is 2.00 bits per heavy atom. The van der Waals surface area contributed by atoms with Crippen molar-refractivity contribution >= 4 is 29.7 Å². The van der Waals surface area contributed by atoms with Crippen LogP contribution in [0.15, 0.2) is 0 Å². The maximum absolute atomic E-state index is 4.74. The van der Waals surface area contributed by atoms with Crippen molar-refractivity contribution in [2.75, 3.05) is 0 Å². The summed E-state index contributed by atoms with van der Waals surface area (Å²) in [6.45, 7) is 3.86. The minimum absolute atomic E-state index is 0.278. The molecular weight excluding hydrogens is 112 g/mol. The molecule has 0 N–H and O–H groups in total.